The fraction of sp³-hybridized carbons (Fsp3) is 0.400. The van der Waals surface area contributed by atoms with E-state index in [1.165, 1.54) is 19.3 Å². The second-order valence-corrected chi connectivity index (χ2v) is 8.03. The van der Waals surface area contributed by atoms with Gasteiger partial charge in [0.2, 0.25) is 5.91 Å². The zero-order valence-electron chi connectivity index (χ0n) is 17.7. The summed E-state index contributed by atoms with van der Waals surface area (Å²) in [6, 6.07) is 14.4. The van der Waals surface area contributed by atoms with E-state index in [2.05, 4.69) is 22.4 Å². The van der Waals surface area contributed by atoms with Crippen LogP contribution in [-0.2, 0) is 4.79 Å². The summed E-state index contributed by atoms with van der Waals surface area (Å²) in [7, 11) is 3.29. The summed E-state index contributed by atoms with van der Waals surface area (Å²) in [5, 5.41) is 4.40. The maximum absolute atomic E-state index is 13.1. The molecular weight excluding hydrogens is 376 g/mol. The van der Waals surface area contributed by atoms with Crippen LogP contribution in [0.15, 0.2) is 48.7 Å². The van der Waals surface area contributed by atoms with E-state index in [4.69, 9.17) is 9.47 Å². The van der Waals surface area contributed by atoms with Crippen molar-refractivity contribution in [3.05, 3.63) is 59.8 Å². The number of aromatic nitrogens is 1. The Morgan fingerprint density at radius 1 is 1.03 bits per heavy atom. The third-order valence-electron chi connectivity index (χ3n) is 6.17. The van der Waals surface area contributed by atoms with Gasteiger partial charge in [-0.15, -0.1) is 0 Å². The summed E-state index contributed by atoms with van der Waals surface area (Å²) in [4.78, 5) is 16.4. The van der Waals surface area contributed by atoms with Crippen molar-refractivity contribution in [2.45, 2.75) is 50.5 Å². The molecule has 1 aliphatic carbocycles. The molecule has 5 nitrogen and oxygen atoms in total. The molecule has 0 aliphatic heterocycles. The average molecular weight is 407 g/mol. The number of hydrogen-bond acceptors (Lipinski definition) is 3. The second kappa shape index (κ2) is 9.24. The van der Waals surface area contributed by atoms with Crippen LogP contribution in [0.25, 0.3) is 10.9 Å². The third kappa shape index (κ3) is 4.16. The molecule has 3 aromatic rings. The second-order valence-electron chi connectivity index (χ2n) is 8.03. The Kier molecular flexibility index (Phi) is 6.26. The molecule has 5 heteroatoms. The van der Waals surface area contributed by atoms with E-state index in [0.29, 0.717) is 24.0 Å². The van der Waals surface area contributed by atoms with Crippen molar-refractivity contribution < 1.29 is 14.3 Å². The van der Waals surface area contributed by atoms with E-state index < -0.39 is 0 Å². The Morgan fingerprint density at radius 2 is 1.83 bits per heavy atom. The summed E-state index contributed by atoms with van der Waals surface area (Å²) in [6.07, 6.45) is 8.19. The highest BCUT2D eigenvalue weighted by Gasteiger charge is 2.27. The SMILES string of the molecule is COc1cccc(C(CC(=O)NC2CCCCC2)c2c[nH]c3ccccc23)c1OC. The average Bonchev–Trinajstić information content (AvgIpc) is 3.21. The number of fused-ring (bicyclic) bond motifs is 1. The molecule has 0 bridgehead atoms. The van der Waals surface area contributed by atoms with Crippen LogP contribution >= 0.6 is 0 Å². The predicted molar refractivity (Wildman–Crippen MR) is 119 cm³/mol. The molecule has 2 aromatic carbocycles. The molecule has 1 atom stereocenters. The van der Waals surface area contributed by atoms with Gasteiger partial charge in [0.25, 0.3) is 0 Å². The molecule has 1 saturated carbocycles. The molecular formula is C25H30N2O3. The summed E-state index contributed by atoms with van der Waals surface area (Å²) in [6.45, 7) is 0. The normalized spacial score (nSPS) is 15.7. The van der Waals surface area contributed by atoms with E-state index in [1.54, 1.807) is 14.2 Å². The largest absolute Gasteiger partial charge is 0.493 e. The van der Waals surface area contributed by atoms with Gasteiger partial charge >= 0.3 is 0 Å². The molecule has 1 fully saturated rings. The lowest BCUT2D eigenvalue weighted by atomic mass is 9.86. The lowest BCUT2D eigenvalue weighted by molar-refractivity contribution is -0.122. The quantitative estimate of drug-likeness (QED) is 0.570. The molecule has 2 N–H and O–H groups in total. The first kappa shape index (κ1) is 20.3. The van der Waals surface area contributed by atoms with Crippen LogP contribution in [0, 0.1) is 0 Å². The monoisotopic (exact) mass is 406 g/mol. The minimum Gasteiger partial charge on any atom is -0.493 e. The van der Waals surface area contributed by atoms with Gasteiger partial charge in [-0.3, -0.25) is 4.79 Å². The highest BCUT2D eigenvalue weighted by atomic mass is 16.5. The van der Waals surface area contributed by atoms with Gasteiger partial charge in [0.05, 0.1) is 14.2 Å². The van der Waals surface area contributed by atoms with Crippen molar-refractivity contribution in [2.75, 3.05) is 14.2 Å². The van der Waals surface area contributed by atoms with Gasteiger partial charge in [0.1, 0.15) is 0 Å². The number of nitrogens with one attached hydrogen (secondary N) is 2. The van der Waals surface area contributed by atoms with Gasteiger partial charge in [0, 0.05) is 41.0 Å². The number of amides is 1. The number of ether oxygens (including phenoxy) is 2. The molecule has 1 unspecified atom stereocenters. The zero-order chi connectivity index (χ0) is 20.9. The van der Waals surface area contributed by atoms with Gasteiger partial charge in [-0.1, -0.05) is 49.6 Å². The lowest BCUT2D eigenvalue weighted by Crippen LogP contribution is -2.36. The van der Waals surface area contributed by atoms with Crippen molar-refractivity contribution in [1.82, 2.24) is 10.3 Å². The predicted octanol–water partition coefficient (Wildman–Crippen LogP) is 5.16. The summed E-state index contributed by atoms with van der Waals surface area (Å²) < 4.78 is 11.2. The summed E-state index contributed by atoms with van der Waals surface area (Å²) >= 11 is 0. The van der Waals surface area contributed by atoms with Gasteiger partial charge in [-0.2, -0.15) is 0 Å². The van der Waals surface area contributed by atoms with Crippen LogP contribution in [0.3, 0.4) is 0 Å². The van der Waals surface area contributed by atoms with Gasteiger partial charge in [-0.25, -0.2) is 0 Å². The minimum atomic E-state index is -0.144. The number of methoxy groups -OCH3 is 2. The van der Waals surface area contributed by atoms with Crippen LogP contribution in [0.5, 0.6) is 11.5 Å². The maximum atomic E-state index is 13.1. The number of carbonyl (C=O) groups is 1. The van der Waals surface area contributed by atoms with Gasteiger partial charge in [0.15, 0.2) is 11.5 Å². The number of carbonyl (C=O) groups excluding carboxylic acids is 1. The van der Waals surface area contributed by atoms with Crippen molar-refractivity contribution in [1.29, 1.82) is 0 Å². The molecule has 1 aliphatic rings. The molecule has 1 amide bonds. The number of benzene rings is 2. The zero-order valence-corrected chi connectivity index (χ0v) is 17.7. The van der Waals surface area contributed by atoms with E-state index in [0.717, 1.165) is 34.9 Å². The number of aromatic amines is 1. The summed E-state index contributed by atoms with van der Waals surface area (Å²) in [5.74, 6) is 1.30. The lowest BCUT2D eigenvalue weighted by Gasteiger charge is -2.25. The van der Waals surface area contributed by atoms with Crippen LogP contribution in [0.1, 0.15) is 55.6 Å². The molecule has 4 rings (SSSR count). The van der Waals surface area contributed by atoms with Crippen molar-refractivity contribution >= 4 is 16.8 Å². The molecule has 30 heavy (non-hydrogen) atoms. The van der Waals surface area contributed by atoms with Crippen LogP contribution < -0.4 is 14.8 Å². The van der Waals surface area contributed by atoms with E-state index >= 15 is 0 Å². The van der Waals surface area contributed by atoms with Gasteiger partial charge in [-0.05, 0) is 30.5 Å². The minimum absolute atomic E-state index is 0.0852. The smallest absolute Gasteiger partial charge is 0.221 e. The highest BCUT2D eigenvalue weighted by molar-refractivity contribution is 5.86. The van der Waals surface area contributed by atoms with E-state index in [9.17, 15) is 4.79 Å². The molecule has 1 heterocycles. The standard InChI is InChI=1S/C25H30N2O3/c1-29-23-14-8-12-19(25(23)30-2)20(15-24(28)27-17-9-4-3-5-10-17)21-16-26-22-13-7-6-11-18(21)22/h6-8,11-14,16-17,20,26H,3-5,9-10,15H2,1-2H3,(H,27,28). The van der Waals surface area contributed by atoms with Crippen molar-refractivity contribution in [2.24, 2.45) is 0 Å². The fourth-order valence-electron chi connectivity index (χ4n) is 4.68. The van der Waals surface area contributed by atoms with Gasteiger partial charge < -0.3 is 19.8 Å². The highest BCUT2D eigenvalue weighted by Crippen LogP contribution is 2.42. The third-order valence-corrected chi connectivity index (χ3v) is 6.17. The Labute approximate surface area is 177 Å². The molecule has 0 radical (unpaired) electrons. The number of para-hydroxylation sites is 2. The van der Waals surface area contributed by atoms with Crippen LogP contribution in [0.4, 0.5) is 0 Å². The Bertz CT molecular complexity index is 1000. The van der Waals surface area contributed by atoms with E-state index in [1.807, 2.05) is 36.5 Å². The summed E-state index contributed by atoms with van der Waals surface area (Å²) in [5.41, 5.74) is 3.11. The maximum Gasteiger partial charge on any atom is 0.221 e. The van der Waals surface area contributed by atoms with Crippen molar-refractivity contribution in [3.63, 3.8) is 0 Å². The van der Waals surface area contributed by atoms with Crippen molar-refractivity contribution in [3.8, 4) is 11.5 Å². The Hall–Kier alpha value is -2.95. The first-order valence-electron chi connectivity index (χ1n) is 10.8. The number of hydrogen-bond donors (Lipinski definition) is 2. The molecule has 1 aromatic heterocycles. The molecule has 0 spiro atoms. The number of rotatable bonds is 7. The van der Waals surface area contributed by atoms with E-state index in [-0.39, 0.29) is 11.8 Å². The fourth-order valence-corrected chi connectivity index (χ4v) is 4.68. The molecule has 158 valence electrons. The molecule has 0 saturated heterocycles. The number of H-pyrrole nitrogens is 1. The first-order valence-corrected chi connectivity index (χ1v) is 10.8. The van der Waals surface area contributed by atoms with Crippen LogP contribution in [-0.4, -0.2) is 31.2 Å². The topological polar surface area (TPSA) is 63.3 Å². The Morgan fingerprint density at radius 3 is 2.60 bits per heavy atom. The Balaban J connectivity index is 1.71. The van der Waals surface area contributed by atoms with Crippen LogP contribution in [0.2, 0.25) is 0 Å². The first-order chi connectivity index (χ1) is 14.7.